The maximum Gasteiger partial charge on any atom is 0.229 e. The molecule has 0 aromatic heterocycles. The Morgan fingerprint density at radius 3 is 2.68 bits per heavy atom. The van der Waals surface area contributed by atoms with Crippen LogP contribution in [0.1, 0.15) is 39.0 Å². The summed E-state index contributed by atoms with van der Waals surface area (Å²) in [6.45, 7) is 2.85. The van der Waals surface area contributed by atoms with Gasteiger partial charge in [0.15, 0.2) is 0 Å². The summed E-state index contributed by atoms with van der Waals surface area (Å²) in [5, 5.41) is 2.86. The molecular weight excluding hydrogens is 248 g/mol. The molecule has 0 aliphatic carbocycles. The van der Waals surface area contributed by atoms with Gasteiger partial charge in [-0.2, -0.15) is 0 Å². The lowest BCUT2D eigenvalue weighted by Crippen LogP contribution is -2.42. The fourth-order valence-electron chi connectivity index (χ4n) is 2.50. The number of hydrogen-bond acceptors (Lipinski definition) is 4. The van der Waals surface area contributed by atoms with Crippen LogP contribution >= 0.6 is 0 Å². The normalized spacial score (nSPS) is 24.9. The first kappa shape index (κ1) is 14.0. The number of imide groups is 1. The first-order chi connectivity index (χ1) is 9.08. The molecule has 2 aliphatic heterocycles. The molecule has 6 heteroatoms. The summed E-state index contributed by atoms with van der Waals surface area (Å²) in [6.07, 6.45) is 2.78. The van der Waals surface area contributed by atoms with Crippen LogP contribution in [0.15, 0.2) is 0 Å². The lowest BCUT2D eigenvalue weighted by Gasteiger charge is -2.20. The first-order valence-corrected chi connectivity index (χ1v) is 6.82. The molecule has 1 N–H and O–H groups in total. The van der Waals surface area contributed by atoms with Crippen LogP contribution in [0.3, 0.4) is 0 Å². The van der Waals surface area contributed by atoms with Gasteiger partial charge in [0.25, 0.3) is 0 Å². The molecule has 2 fully saturated rings. The Labute approximate surface area is 112 Å². The standard InChI is InChI=1S/C13H20N2O4/c1-9(10-3-2-8-19-10)14-11(16)6-7-15-12(17)4-5-13(15)18/h9-10H,2-8H2,1H3,(H,14,16)/t9-,10-/m0/s1. The van der Waals surface area contributed by atoms with Gasteiger partial charge in [-0.05, 0) is 19.8 Å². The second-order valence-electron chi connectivity index (χ2n) is 5.10. The topological polar surface area (TPSA) is 75.7 Å². The second kappa shape index (κ2) is 6.14. The molecule has 0 aromatic carbocycles. The first-order valence-electron chi connectivity index (χ1n) is 6.82. The van der Waals surface area contributed by atoms with E-state index in [1.165, 1.54) is 4.90 Å². The maximum absolute atomic E-state index is 11.8. The summed E-state index contributed by atoms with van der Waals surface area (Å²) in [4.78, 5) is 35.7. The van der Waals surface area contributed by atoms with Crippen LogP contribution in [-0.4, -0.2) is 47.9 Å². The van der Waals surface area contributed by atoms with Gasteiger partial charge < -0.3 is 10.1 Å². The largest absolute Gasteiger partial charge is 0.376 e. The van der Waals surface area contributed by atoms with Crippen molar-refractivity contribution in [1.82, 2.24) is 10.2 Å². The molecule has 0 saturated carbocycles. The van der Waals surface area contributed by atoms with Crippen LogP contribution in [0.4, 0.5) is 0 Å². The second-order valence-corrected chi connectivity index (χ2v) is 5.10. The van der Waals surface area contributed by atoms with E-state index in [2.05, 4.69) is 5.32 Å². The number of ether oxygens (including phenoxy) is 1. The van der Waals surface area contributed by atoms with E-state index in [1.807, 2.05) is 6.92 Å². The molecule has 2 saturated heterocycles. The van der Waals surface area contributed by atoms with E-state index in [0.29, 0.717) is 0 Å². The maximum atomic E-state index is 11.8. The Balaban J connectivity index is 1.72. The molecule has 2 aliphatic rings. The molecule has 0 bridgehead atoms. The van der Waals surface area contributed by atoms with E-state index in [-0.39, 0.29) is 55.7 Å². The number of carbonyl (C=O) groups excluding carboxylic acids is 3. The molecule has 2 rings (SSSR count). The zero-order valence-corrected chi connectivity index (χ0v) is 11.2. The van der Waals surface area contributed by atoms with Crippen LogP contribution in [0, 0.1) is 0 Å². The summed E-state index contributed by atoms with van der Waals surface area (Å²) in [7, 11) is 0. The summed E-state index contributed by atoms with van der Waals surface area (Å²) in [6, 6.07) is -0.0278. The molecule has 2 heterocycles. The molecule has 3 amide bonds. The van der Waals surface area contributed by atoms with Crippen molar-refractivity contribution in [1.29, 1.82) is 0 Å². The Morgan fingerprint density at radius 1 is 1.42 bits per heavy atom. The highest BCUT2D eigenvalue weighted by atomic mass is 16.5. The number of likely N-dealkylation sites (tertiary alicyclic amines) is 1. The number of carbonyl (C=O) groups is 3. The van der Waals surface area contributed by atoms with Crippen molar-refractivity contribution in [2.24, 2.45) is 0 Å². The molecule has 2 atom stereocenters. The van der Waals surface area contributed by atoms with Crippen LogP contribution in [0.5, 0.6) is 0 Å². The fourth-order valence-corrected chi connectivity index (χ4v) is 2.50. The molecular formula is C13H20N2O4. The average Bonchev–Trinajstić information content (AvgIpc) is 2.98. The van der Waals surface area contributed by atoms with Crippen LogP contribution in [-0.2, 0) is 19.1 Å². The molecule has 0 radical (unpaired) electrons. The summed E-state index contributed by atoms with van der Waals surface area (Å²) >= 11 is 0. The van der Waals surface area contributed by atoms with Crippen LogP contribution in [0.2, 0.25) is 0 Å². The molecule has 0 aromatic rings. The fraction of sp³-hybridized carbons (Fsp3) is 0.769. The number of nitrogens with zero attached hydrogens (tertiary/aromatic N) is 1. The quantitative estimate of drug-likeness (QED) is 0.723. The average molecular weight is 268 g/mol. The summed E-state index contributed by atoms with van der Waals surface area (Å²) in [5.74, 6) is -0.495. The van der Waals surface area contributed by atoms with Crippen molar-refractivity contribution >= 4 is 17.7 Å². The molecule has 6 nitrogen and oxygen atoms in total. The van der Waals surface area contributed by atoms with E-state index in [4.69, 9.17) is 4.74 Å². The van der Waals surface area contributed by atoms with Crippen molar-refractivity contribution in [2.75, 3.05) is 13.2 Å². The number of amides is 3. The van der Waals surface area contributed by atoms with E-state index in [0.717, 1.165) is 19.4 Å². The zero-order valence-electron chi connectivity index (χ0n) is 11.2. The van der Waals surface area contributed by atoms with Crippen LogP contribution in [0.25, 0.3) is 0 Å². The molecule has 0 spiro atoms. The minimum Gasteiger partial charge on any atom is -0.376 e. The zero-order chi connectivity index (χ0) is 13.8. The third-order valence-electron chi connectivity index (χ3n) is 3.63. The predicted octanol–water partition coefficient (Wildman–Crippen LogP) is 0.209. The van der Waals surface area contributed by atoms with Gasteiger partial charge in [-0.25, -0.2) is 0 Å². The van der Waals surface area contributed by atoms with Crippen molar-refractivity contribution < 1.29 is 19.1 Å². The van der Waals surface area contributed by atoms with E-state index < -0.39 is 0 Å². The van der Waals surface area contributed by atoms with Gasteiger partial charge in [0, 0.05) is 32.4 Å². The van der Waals surface area contributed by atoms with Crippen molar-refractivity contribution in [3.05, 3.63) is 0 Å². The van der Waals surface area contributed by atoms with Gasteiger partial charge >= 0.3 is 0 Å². The lowest BCUT2D eigenvalue weighted by atomic mass is 10.1. The van der Waals surface area contributed by atoms with Gasteiger partial charge in [-0.1, -0.05) is 0 Å². The Hall–Kier alpha value is -1.43. The highest BCUT2D eigenvalue weighted by molar-refractivity contribution is 6.02. The van der Waals surface area contributed by atoms with Crippen molar-refractivity contribution in [3.63, 3.8) is 0 Å². The van der Waals surface area contributed by atoms with E-state index in [9.17, 15) is 14.4 Å². The van der Waals surface area contributed by atoms with E-state index in [1.54, 1.807) is 0 Å². The van der Waals surface area contributed by atoms with Gasteiger partial charge in [-0.3, -0.25) is 19.3 Å². The Bertz CT molecular complexity index is 361. The highest BCUT2D eigenvalue weighted by Gasteiger charge is 2.29. The Kier molecular flexibility index (Phi) is 4.52. The number of nitrogens with one attached hydrogen (secondary N) is 1. The monoisotopic (exact) mass is 268 g/mol. The summed E-state index contributed by atoms with van der Waals surface area (Å²) < 4.78 is 5.49. The van der Waals surface area contributed by atoms with Gasteiger partial charge in [0.05, 0.1) is 12.1 Å². The Morgan fingerprint density at radius 2 is 2.11 bits per heavy atom. The van der Waals surface area contributed by atoms with Gasteiger partial charge in [-0.15, -0.1) is 0 Å². The third-order valence-corrected chi connectivity index (χ3v) is 3.63. The molecule has 0 unspecified atom stereocenters. The third kappa shape index (κ3) is 3.53. The van der Waals surface area contributed by atoms with Gasteiger partial charge in [0.1, 0.15) is 0 Å². The number of rotatable bonds is 5. The highest BCUT2D eigenvalue weighted by Crippen LogP contribution is 2.15. The number of hydrogen-bond donors (Lipinski definition) is 1. The van der Waals surface area contributed by atoms with Crippen molar-refractivity contribution in [2.45, 2.75) is 51.2 Å². The predicted molar refractivity (Wildman–Crippen MR) is 67.1 cm³/mol. The van der Waals surface area contributed by atoms with Crippen LogP contribution < -0.4 is 5.32 Å². The lowest BCUT2D eigenvalue weighted by molar-refractivity contribution is -0.138. The smallest absolute Gasteiger partial charge is 0.229 e. The van der Waals surface area contributed by atoms with E-state index >= 15 is 0 Å². The minimum absolute atomic E-state index is 0.0278. The summed E-state index contributed by atoms with van der Waals surface area (Å²) in [5.41, 5.74) is 0. The SMILES string of the molecule is C[C@H](NC(=O)CCN1C(=O)CCC1=O)[C@@H]1CCCO1. The van der Waals surface area contributed by atoms with Crippen molar-refractivity contribution in [3.8, 4) is 0 Å². The van der Waals surface area contributed by atoms with Gasteiger partial charge in [0.2, 0.25) is 17.7 Å². The minimum atomic E-state index is -0.176. The molecule has 19 heavy (non-hydrogen) atoms. The molecule has 106 valence electrons.